The molecule has 0 unspecified atom stereocenters. The van der Waals surface area contributed by atoms with Crippen molar-refractivity contribution in [2.45, 2.75) is 6.18 Å². The fraction of sp³-hybridized carbons (Fsp3) is 0.0556. The highest BCUT2D eigenvalue weighted by Gasteiger charge is 2.37. The Morgan fingerprint density at radius 2 is 1.57 bits per heavy atom. The second kappa shape index (κ2) is 5.43. The molecule has 0 spiro atoms. The fourth-order valence-corrected chi connectivity index (χ4v) is 2.46. The van der Waals surface area contributed by atoms with Crippen molar-refractivity contribution in [3.8, 4) is 0 Å². The summed E-state index contributed by atoms with van der Waals surface area (Å²) in [5.74, 6) is -2.80. The maximum atomic E-state index is 12.2. The smallest absolute Gasteiger partial charge is 0.454 e. The van der Waals surface area contributed by atoms with E-state index in [1.165, 1.54) is 6.07 Å². The van der Waals surface area contributed by atoms with Crippen LogP contribution in [0.5, 0.6) is 0 Å². The van der Waals surface area contributed by atoms with E-state index in [1.54, 1.807) is 12.1 Å². The summed E-state index contributed by atoms with van der Waals surface area (Å²) < 4.78 is 36.7. The molecule has 0 saturated heterocycles. The minimum atomic E-state index is -5.00. The van der Waals surface area contributed by atoms with E-state index in [4.69, 9.17) is 0 Å². The van der Waals surface area contributed by atoms with Gasteiger partial charge in [0.1, 0.15) is 5.76 Å². The van der Waals surface area contributed by atoms with Gasteiger partial charge in [-0.05, 0) is 27.6 Å². The molecule has 0 aliphatic carbocycles. The third-order valence-electron chi connectivity index (χ3n) is 3.59. The topological polar surface area (TPSA) is 37.3 Å². The fourth-order valence-electron chi connectivity index (χ4n) is 2.46. The Labute approximate surface area is 129 Å². The lowest BCUT2D eigenvalue weighted by atomic mass is 9.99. The van der Waals surface area contributed by atoms with E-state index in [0.717, 1.165) is 21.5 Å². The van der Waals surface area contributed by atoms with Crippen molar-refractivity contribution >= 4 is 33.1 Å². The zero-order valence-corrected chi connectivity index (χ0v) is 11.8. The van der Waals surface area contributed by atoms with Crippen LogP contribution < -0.4 is 0 Å². The molecule has 3 aromatic carbocycles. The van der Waals surface area contributed by atoms with Crippen LogP contribution in [-0.2, 0) is 4.79 Å². The first kappa shape index (κ1) is 15.1. The molecule has 0 aliphatic heterocycles. The maximum Gasteiger partial charge on any atom is 0.454 e. The molecule has 0 radical (unpaired) electrons. The van der Waals surface area contributed by atoms with Crippen LogP contribution in [0.1, 0.15) is 5.56 Å². The highest BCUT2D eigenvalue weighted by Crippen LogP contribution is 2.28. The zero-order valence-electron chi connectivity index (χ0n) is 11.8. The van der Waals surface area contributed by atoms with Crippen molar-refractivity contribution in [3.05, 3.63) is 66.2 Å². The van der Waals surface area contributed by atoms with Gasteiger partial charge in [0.05, 0.1) is 0 Å². The maximum absolute atomic E-state index is 12.2. The number of alkyl halides is 3. The van der Waals surface area contributed by atoms with Gasteiger partial charge in [-0.25, -0.2) is 0 Å². The second-order valence-electron chi connectivity index (χ2n) is 5.11. The number of benzene rings is 3. The molecule has 0 aromatic heterocycles. The SMILES string of the molecule is O=C(/C=C(/O)c1ccc2c(ccc3ccccc32)c1)C(F)(F)F. The number of fused-ring (bicyclic) bond motifs is 3. The molecule has 23 heavy (non-hydrogen) atoms. The predicted molar refractivity (Wildman–Crippen MR) is 83.1 cm³/mol. The van der Waals surface area contributed by atoms with Crippen molar-refractivity contribution in [2.75, 3.05) is 0 Å². The summed E-state index contributed by atoms with van der Waals surface area (Å²) in [6, 6.07) is 16.2. The predicted octanol–water partition coefficient (Wildman–Crippen LogP) is 5.02. The lowest BCUT2D eigenvalue weighted by Crippen LogP contribution is -2.20. The lowest BCUT2D eigenvalue weighted by Gasteiger charge is -2.07. The van der Waals surface area contributed by atoms with Crippen molar-refractivity contribution in [1.82, 2.24) is 0 Å². The molecular weight excluding hydrogens is 305 g/mol. The number of ketones is 1. The largest absolute Gasteiger partial charge is 0.507 e. The minimum Gasteiger partial charge on any atom is -0.507 e. The van der Waals surface area contributed by atoms with E-state index in [-0.39, 0.29) is 11.6 Å². The lowest BCUT2D eigenvalue weighted by molar-refractivity contribution is -0.165. The number of hydrogen-bond donors (Lipinski definition) is 1. The van der Waals surface area contributed by atoms with E-state index >= 15 is 0 Å². The van der Waals surface area contributed by atoms with Crippen LogP contribution in [0.25, 0.3) is 27.3 Å². The van der Waals surface area contributed by atoms with Crippen LogP contribution in [0, 0.1) is 0 Å². The van der Waals surface area contributed by atoms with Crippen LogP contribution in [-0.4, -0.2) is 17.1 Å². The number of aliphatic hydroxyl groups excluding tert-OH is 1. The van der Waals surface area contributed by atoms with Gasteiger partial charge in [0.2, 0.25) is 0 Å². The number of carbonyl (C=O) groups excluding carboxylic acids is 1. The molecule has 0 aliphatic rings. The van der Waals surface area contributed by atoms with Crippen LogP contribution in [0.15, 0.2) is 60.7 Å². The van der Waals surface area contributed by atoms with Crippen molar-refractivity contribution in [1.29, 1.82) is 0 Å². The number of rotatable bonds is 2. The molecule has 0 heterocycles. The highest BCUT2D eigenvalue weighted by atomic mass is 19.4. The average molecular weight is 316 g/mol. The first-order valence-electron chi connectivity index (χ1n) is 6.80. The Morgan fingerprint density at radius 3 is 2.30 bits per heavy atom. The Balaban J connectivity index is 2.09. The number of halogens is 3. The van der Waals surface area contributed by atoms with Gasteiger partial charge in [-0.3, -0.25) is 4.79 Å². The highest BCUT2D eigenvalue weighted by molar-refractivity contribution is 6.08. The van der Waals surface area contributed by atoms with Crippen LogP contribution >= 0.6 is 0 Å². The van der Waals surface area contributed by atoms with E-state index in [0.29, 0.717) is 0 Å². The molecule has 5 heteroatoms. The molecule has 0 saturated carbocycles. The van der Waals surface area contributed by atoms with E-state index in [2.05, 4.69) is 0 Å². The van der Waals surface area contributed by atoms with Crippen molar-refractivity contribution in [3.63, 3.8) is 0 Å². The first-order valence-corrected chi connectivity index (χ1v) is 6.80. The van der Waals surface area contributed by atoms with Gasteiger partial charge in [0, 0.05) is 11.6 Å². The molecule has 2 nitrogen and oxygen atoms in total. The molecule has 3 rings (SSSR count). The van der Waals surface area contributed by atoms with Crippen molar-refractivity contribution < 1.29 is 23.1 Å². The molecular formula is C18H11F3O2. The first-order chi connectivity index (χ1) is 10.9. The Bertz CT molecular complexity index is 940. The summed E-state index contributed by atoms with van der Waals surface area (Å²) in [5, 5.41) is 13.5. The Kier molecular flexibility index (Phi) is 3.56. The summed E-state index contributed by atoms with van der Waals surface area (Å²) in [7, 11) is 0. The average Bonchev–Trinajstić information content (AvgIpc) is 2.53. The summed E-state index contributed by atoms with van der Waals surface area (Å²) in [6.45, 7) is 0. The van der Waals surface area contributed by atoms with E-state index < -0.39 is 17.7 Å². The third-order valence-corrected chi connectivity index (χ3v) is 3.59. The van der Waals surface area contributed by atoms with Crippen LogP contribution in [0.4, 0.5) is 13.2 Å². The molecule has 0 amide bonds. The van der Waals surface area contributed by atoms with Crippen molar-refractivity contribution in [2.24, 2.45) is 0 Å². The summed E-state index contributed by atoms with van der Waals surface area (Å²) in [5.41, 5.74) is 0.158. The van der Waals surface area contributed by atoms with E-state index in [1.807, 2.05) is 36.4 Å². The van der Waals surface area contributed by atoms with Gasteiger partial charge in [0.25, 0.3) is 5.78 Å². The third kappa shape index (κ3) is 2.90. The molecule has 0 bridgehead atoms. The van der Waals surface area contributed by atoms with Gasteiger partial charge in [-0.2, -0.15) is 13.2 Å². The Hall–Kier alpha value is -2.82. The number of allylic oxidation sites excluding steroid dienone is 1. The van der Waals surface area contributed by atoms with Gasteiger partial charge in [-0.15, -0.1) is 0 Å². The number of carbonyl (C=O) groups is 1. The number of hydrogen-bond acceptors (Lipinski definition) is 2. The molecule has 1 N–H and O–H groups in total. The zero-order chi connectivity index (χ0) is 16.6. The summed E-state index contributed by atoms with van der Waals surface area (Å²) in [6.07, 6.45) is -4.80. The normalized spacial score (nSPS) is 12.7. The van der Waals surface area contributed by atoms with Crippen LogP contribution in [0.2, 0.25) is 0 Å². The summed E-state index contributed by atoms with van der Waals surface area (Å²) >= 11 is 0. The molecule has 0 atom stereocenters. The summed E-state index contributed by atoms with van der Waals surface area (Å²) in [4.78, 5) is 10.9. The number of aliphatic hydroxyl groups is 1. The monoisotopic (exact) mass is 316 g/mol. The Morgan fingerprint density at radius 1 is 0.913 bits per heavy atom. The molecule has 116 valence electrons. The minimum absolute atomic E-state index is 0.158. The van der Waals surface area contributed by atoms with E-state index in [9.17, 15) is 23.1 Å². The second-order valence-corrected chi connectivity index (χ2v) is 5.11. The van der Waals surface area contributed by atoms with Gasteiger partial charge >= 0.3 is 6.18 Å². The van der Waals surface area contributed by atoms with Gasteiger partial charge in [0.15, 0.2) is 0 Å². The molecule has 0 fully saturated rings. The van der Waals surface area contributed by atoms with Crippen LogP contribution in [0.3, 0.4) is 0 Å². The van der Waals surface area contributed by atoms with Gasteiger partial charge in [-0.1, -0.05) is 48.5 Å². The molecule has 3 aromatic rings. The van der Waals surface area contributed by atoms with Gasteiger partial charge < -0.3 is 5.11 Å². The standard InChI is InChI=1S/C18H11F3O2/c19-18(20,21)17(23)10-16(22)13-7-8-15-12(9-13)6-5-11-3-1-2-4-14(11)15/h1-10,22H/b16-10+. The quantitative estimate of drug-likeness (QED) is 0.409.